The lowest BCUT2D eigenvalue weighted by Crippen LogP contribution is -2.27. The summed E-state index contributed by atoms with van der Waals surface area (Å²) < 4.78 is 23.0. The van der Waals surface area contributed by atoms with Crippen LogP contribution in [0.5, 0.6) is 0 Å². The van der Waals surface area contributed by atoms with Crippen LogP contribution in [0.1, 0.15) is 6.42 Å². The lowest BCUT2D eigenvalue weighted by atomic mass is 10.1. The summed E-state index contributed by atoms with van der Waals surface area (Å²) in [6.07, 6.45) is 0.194. The first-order chi connectivity index (χ1) is 8.76. The normalized spacial score (nSPS) is 20.1. The number of nitrogens with two attached hydrogens (primary N) is 1. The maximum Gasteiger partial charge on any atom is 0.227 e. The minimum Gasteiger partial charge on any atom is -0.312 e. The molecule has 1 aliphatic heterocycles. The van der Waals surface area contributed by atoms with Crippen molar-refractivity contribution >= 4 is 55.8 Å². The minimum atomic E-state index is -3.56. The van der Waals surface area contributed by atoms with E-state index in [1.54, 1.807) is 17.0 Å². The molecule has 19 heavy (non-hydrogen) atoms. The molecule has 1 amide bonds. The second-order valence-corrected chi connectivity index (χ2v) is 7.73. The Bertz CT molecular complexity index is 620. The molecule has 1 saturated heterocycles. The van der Waals surface area contributed by atoms with Crippen LogP contribution in [0.25, 0.3) is 0 Å². The molecule has 1 atom stereocenters. The Hall–Kier alpha value is -0.380. The first-order valence-electron chi connectivity index (χ1n) is 5.52. The van der Waals surface area contributed by atoms with Gasteiger partial charge in [-0.3, -0.25) is 4.79 Å². The molecule has 8 heteroatoms. The van der Waals surface area contributed by atoms with Crippen LogP contribution in [0, 0.1) is 9.49 Å². The largest absolute Gasteiger partial charge is 0.312 e. The molecule has 1 heterocycles. The number of anilines is 1. The summed E-state index contributed by atoms with van der Waals surface area (Å²) in [5, 5.41) is 5.58. The van der Waals surface area contributed by atoms with Crippen LogP contribution in [0.2, 0.25) is 5.02 Å². The fourth-order valence-electron chi connectivity index (χ4n) is 2.12. The van der Waals surface area contributed by atoms with E-state index < -0.39 is 10.0 Å². The zero-order chi connectivity index (χ0) is 14.2. The zero-order valence-electron chi connectivity index (χ0n) is 9.84. The molecule has 0 aromatic heterocycles. The predicted octanol–water partition coefficient (Wildman–Crippen LogP) is 1.59. The van der Waals surface area contributed by atoms with E-state index >= 15 is 0 Å². The van der Waals surface area contributed by atoms with Gasteiger partial charge in [0.1, 0.15) is 0 Å². The Balaban J connectivity index is 2.18. The molecule has 2 N–H and O–H groups in total. The Morgan fingerprint density at radius 3 is 2.74 bits per heavy atom. The molecular weight excluding hydrogens is 403 g/mol. The Morgan fingerprint density at radius 1 is 1.47 bits per heavy atom. The fourth-order valence-corrected chi connectivity index (χ4v) is 3.51. The number of carbonyl (C=O) groups excluding carboxylic acids is 1. The average Bonchev–Trinajstić information content (AvgIpc) is 2.61. The van der Waals surface area contributed by atoms with Crippen LogP contribution in [0.4, 0.5) is 5.69 Å². The van der Waals surface area contributed by atoms with E-state index in [0.717, 1.165) is 3.57 Å². The van der Waals surface area contributed by atoms with Gasteiger partial charge in [-0.1, -0.05) is 11.6 Å². The predicted molar refractivity (Wildman–Crippen MR) is 82.6 cm³/mol. The Labute approximate surface area is 130 Å². The van der Waals surface area contributed by atoms with Crippen molar-refractivity contribution in [1.29, 1.82) is 0 Å². The van der Waals surface area contributed by atoms with Crippen molar-refractivity contribution in [3.63, 3.8) is 0 Å². The highest BCUT2D eigenvalue weighted by molar-refractivity contribution is 14.1. The van der Waals surface area contributed by atoms with E-state index in [4.69, 9.17) is 16.7 Å². The van der Waals surface area contributed by atoms with E-state index in [1.807, 2.05) is 6.07 Å². The Morgan fingerprint density at radius 2 is 2.16 bits per heavy atom. The van der Waals surface area contributed by atoms with Gasteiger partial charge in [-0.05, 0) is 40.8 Å². The van der Waals surface area contributed by atoms with E-state index in [2.05, 4.69) is 22.6 Å². The molecule has 1 aliphatic rings. The number of halogens is 2. The van der Waals surface area contributed by atoms with Crippen molar-refractivity contribution in [2.45, 2.75) is 6.42 Å². The number of carbonyl (C=O) groups is 1. The molecule has 1 unspecified atom stereocenters. The van der Waals surface area contributed by atoms with Crippen molar-refractivity contribution in [3.05, 3.63) is 26.8 Å². The van der Waals surface area contributed by atoms with E-state index in [-0.39, 0.29) is 24.0 Å². The summed E-state index contributed by atoms with van der Waals surface area (Å²) in [5.41, 5.74) is 0.687. The number of nitrogens with zero attached hydrogens (tertiary/aromatic N) is 1. The smallest absolute Gasteiger partial charge is 0.227 e. The maximum absolute atomic E-state index is 11.9. The van der Waals surface area contributed by atoms with Gasteiger partial charge in [0.2, 0.25) is 15.9 Å². The lowest BCUT2D eigenvalue weighted by Gasteiger charge is -2.17. The standard InChI is InChI=1S/C11H12ClIN2O3S/c12-9-4-8(1-2-10(9)13)15-5-7(3-11(15)16)6-19(14,17)18/h1-2,4,7H,3,5-6H2,(H2,14,17,18). The van der Waals surface area contributed by atoms with Gasteiger partial charge in [0, 0.05) is 28.1 Å². The van der Waals surface area contributed by atoms with Crippen molar-refractivity contribution in [3.8, 4) is 0 Å². The number of amides is 1. The average molecular weight is 415 g/mol. The number of hydrogen-bond donors (Lipinski definition) is 1. The molecule has 1 aromatic carbocycles. The van der Waals surface area contributed by atoms with Crippen LogP contribution >= 0.6 is 34.2 Å². The van der Waals surface area contributed by atoms with Crippen molar-refractivity contribution in [2.75, 3.05) is 17.2 Å². The van der Waals surface area contributed by atoms with Gasteiger partial charge in [0.15, 0.2) is 0 Å². The third-order valence-electron chi connectivity index (χ3n) is 2.89. The molecule has 0 spiro atoms. The lowest BCUT2D eigenvalue weighted by molar-refractivity contribution is -0.117. The summed E-state index contributed by atoms with van der Waals surface area (Å²) in [6.45, 7) is 0.353. The second-order valence-electron chi connectivity index (χ2n) is 4.50. The van der Waals surface area contributed by atoms with Crippen molar-refractivity contribution in [1.82, 2.24) is 0 Å². The molecule has 1 fully saturated rings. The van der Waals surface area contributed by atoms with Crippen LogP contribution in [-0.4, -0.2) is 26.6 Å². The third kappa shape index (κ3) is 3.80. The van der Waals surface area contributed by atoms with Gasteiger partial charge in [0.25, 0.3) is 0 Å². The maximum atomic E-state index is 11.9. The highest BCUT2D eigenvalue weighted by Crippen LogP contribution is 2.29. The first kappa shape index (κ1) is 15.0. The third-order valence-corrected chi connectivity index (χ3v) is 5.40. The van der Waals surface area contributed by atoms with E-state index in [0.29, 0.717) is 17.3 Å². The van der Waals surface area contributed by atoms with Crippen molar-refractivity contribution in [2.24, 2.45) is 11.1 Å². The van der Waals surface area contributed by atoms with E-state index in [9.17, 15) is 13.2 Å². The summed E-state index contributed by atoms with van der Waals surface area (Å²) in [6, 6.07) is 5.32. The topological polar surface area (TPSA) is 80.5 Å². The molecule has 5 nitrogen and oxygen atoms in total. The molecule has 1 aromatic rings. The second kappa shape index (κ2) is 5.55. The summed E-state index contributed by atoms with van der Waals surface area (Å²) in [7, 11) is -3.56. The number of rotatable bonds is 3. The molecule has 0 bridgehead atoms. The van der Waals surface area contributed by atoms with Crippen LogP contribution in [-0.2, 0) is 14.8 Å². The molecule has 0 saturated carbocycles. The van der Waals surface area contributed by atoms with Gasteiger partial charge >= 0.3 is 0 Å². The molecule has 104 valence electrons. The SMILES string of the molecule is NS(=O)(=O)CC1CC(=O)N(c2ccc(I)c(Cl)c2)C1. The van der Waals surface area contributed by atoms with Crippen LogP contribution in [0.3, 0.4) is 0 Å². The zero-order valence-corrected chi connectivity index (χ0v) is 13.6. The number of benzene rings is 1. The number of primary sulfonamides is 1. The van der Waals surface area contributed by atoms with Gasteiger partial charge in [0.05, 0.1) is 10.8 Å². The van der Waals surface area contributed by atoms with Gasteiger partial charge in [-0.15, -0.1) is 0 Å². The monoisotopic (exact) mass is 414 g/mol. The molecule has 0 aliphatic carbocycles. The number of sulfonamides is 1. The highest BCUT2D eigenvalue weighted by atomic mass is 127. The van der Waals surface area contributed by atoms with Gasteiger partial charge in [-0.25, -0.2) is 13.6 Å². The summed E-state index contributed by atoms with van der Waals surface area (Å²) >= 11 is 8.12. The molecular formula is C11H12ClIN2O3S. The van der Waals surface area contributed by atoms with E-state index in [1.165, 1.54) is 0 Å². The Kier molecular flexibility index (Phi) is 4.38. The fraction of sp³-hybridized carbons (Fsp3) is 0.364. The summed E-state index contributed by atoms with van der Waals surface area (Å²) in [4.78, 5) is 13.5. The van der Waals surface area contributed by atoms with Crippen LogP contribution in [0.15, 0.2) is 18.2 Å². The molecule has 2 rings (SSSR count). The van der Waals surface area contributed by atoms with Crippen molar-refractivity contribution < 1.29 is 13.2 Å². The highest BCUT2D eigenvalue weighted by Gasteiger charge is 2.32. The quantitative estimate of drug-likeness (QED) is 0.763. The summed E-state index contributed by atoms with van der Waals surface area (Å²) in [5.74, 6) is -0.542. The first-order valence-corrected chi connectivity index (χ1v) is 8.69. The number of hydrogen-bond acceptors (Lipinski definition) is 3. The van der Waals surface area contributed by atoms with Gasteiger partial charge < -0.3 is 4.90 Å². The minimum absolute atomic E-state index is 0.106. The molecule has 0 radical (unpaired) electrons. The van der Waals surface area contributed by atoms with Crippen LogP contribution < -0.4 is 10.0 Å². The van der Waals surface area contributed by atoms with Gasteiger partial charge in [-0.2, -0.15) is 0 Å².